The highest BCUT2D eigenvalue weighted by Crippen LogP contribution is 2.28. The second kappa shape index (κ2) is 5.62. The second-order valence-electron chi connectivity index (χ2n) is 4.40. The predicted octanol–water partition coefficient (Wildman–Crippen LogP) is 1.60. The van der Waals surface area contributed by atoms with E-state index in [9.17, 15) is 14.0 Å². The number of carbonyl (C=O) groups is 2. The van der Waals surface area contributed by atoms with E-state index in [0.29, 0.717) is 13.0 Å². The van der Waals surface area contributed by atoms with Gasteiger partial charge in [-0.15, -0.1) is 0 Å². The van der Waals surface area contributed by atoms with Crippen LogP contribution in [0.1, 0.15) is 18.4 Å². The molecule has 0 atom stereocenters. The molecule has 1 aliphatic rings. The van der Waals surface area contributed by atoms with Crippen LogP contribution < -0.4 is 10.6 Å². The first kappa shape index (κ1) is 12.5. The molecular formula is C13H15FN2O2. The van der Waals surface area contributed by atoms with E-state index < -0.39 is 6.03 Å². The average Bonchev–Trinajstić information content (AvgIpc) is 3.15. The Labute approximate surface area is 105 Å². The van der Waals surface area contributed by atoms with Crippen molar-refractivity contribution in [2.75, 3.05) is 6.54 Å². The summed E-state index contributed by atoms with van der Waals surface area (Å²) in [5, 5.41) is 4.88. The fraction of sp³-hybridized carbons (Fsp3) is 0.385. The Morgan fingerprint density at radius 3 is 2.50 bits per heavy atom. The van der Waals surface area contributed by atoms with E-state index in [4.69, 9.17) is 0 Å². The highest BCUT2D eigenvalue weighted by Gasteiger charge is 2.30. The minimum atomic E-state index is -0.464. The predicted molar refractivity (Wildman–Crippen MR) is 64.4 cm³/mol. The van der Waals surface area contributed by atoms with Crippen molar-refractivity contribution in [1.82, 2.24) is 10.6 Å². The lowest BCUT2D eigenvalue weighted by molar-refractivity contribution is -0.121. The molecule has 96 valence electrons. The van der Waals surface area contributed by atoms with Gasteiger partial charge in [-0.25, -0.2) is 9.18 Å². The third kappa shape index (κ3) is 3.84. The van der Waals surface area contributed by atoms with Gasteiger partial charge in [0.1, 0.15) is 5.82 Å². The van der Waals surface area contributed by atoms with E-state index in [1.165, 1.54) is 12.1 Å². The Balaban J connectivity index is 1.66. The summed E-state index contributed by atoms with van der Waals surface area (Å²) in [7, 11) is 0. The number of rotatable bonds is 4. The maximum Gasteiger partial charge on any atom is 0.321 e. The quantitative estimate of drug-likeness (QED) is 0.852. The molecule has 0 heterocycles. The third-order valence-electron chi connectivity index (χ3n) is 2.80. The molecule has 1 aliphatic carbocycles. The molecule has 4 nitrogen and oxygen atoms in total. The van der Waals surface area contributed by atoms with Crippen LogP contribution in [-0.4, -0.2) is 18.5 Å². The number of amides is 3. The number of carbonyl (C=O) groups excluding carboxylic acids is 2. The fourth-order valence-corrected chi connectivity index (χ4v) is 1.58. The van der Waals surface area contributed by atoms with E-state index in [1.54, 1.807) is 12.1 Å². The maximum atomic E-state index is 12.6. The van der Waals surface area contributed by atoms with Gasteiger partial charge >= 0.3 is 6.03 Å². The molecule has 1 saturated carbocycles. The van der Waals surface area contributed by atoms with Crippen LogP contribution in [0.15, 0.2) is 24.3 Å². The number of imide groups is 1. The summed E-state index contributed by atoms with van der Waals surface area (Å²) in [5.74, 6) is -0.457. The minimum absolute atomic E-state index is 0.0212. The van der Waals surface area contributed by atoms with E-state index >= 15 is 0 Å². The summed E-state index contributed by atoms with van der Waals surface area (Å²) in [6.45, 7) is 0.412. The van der Waals surface area contributed by atoms with Crippen LogP contribution in [0.25, 0.3) is 0 Å². The molecule has 18 heavy (non-hydrogen) atoms. The van der Waals surface area contributed by atoms with Crippen molar-refractivity contribution >= 4 is 11.9 Å². The molecule has 0 saturated heterocycles. The van der Waals surface area contributed by atoms with Gasteiger partial charge in [0.2, 0.25) is 5.91 Å². The zero-order valence-corrected chi connectivity index (χ0v) is 9.91. The number of benzene rings is 1. The van der Waals surface area contributed by atoms with Gasteiger partial charge in [0.05, 0.1) is 0 Å². The molecule has 0 bridgehead atoms. The van der Waals surface area contributed by atoms with Crippen molar-refractivity contribution in [2.24, 2.45) is 5.92 Å². The van der Waals surface area contributed by atoms with Gasteiger partial charge in [-0.3, -0.25) is 10.1 Å². The number of nitrogens with one attached hydrogen (secondary N) is 2. The van der Waals surface area contributed by atoms with E-state index in [-0.39, 0.29) is 17.6 Å². The monoisotopic (exact) mass is 250 g/mol. The van der Waals surface area contributed by atoms with Crippen LogP contribution in [0.2, 0.25) is 0 Å². The van der Waals surface area contributed by atoms with Crippen molar-refractivity contribution in [3.8, 4) is 0 Å². The highest BCUT2D eigenvalue weighted by atomic mass is 19.1. The Morgan fingerprint density at radius 2 is 1.89 bits per heavy atom. The highest BCUT2D eigenvalue weighted by molar-refractivity contribution is 5.96. The number of urea groups is 1. The number of halogens is 1. The van der Waals surface area contributed by atoms with Crippen LogP contribution >= 0.6 is 0 Å². The summed E-state index contributed by atoms with van der Waals surface area (Å²) < 4.78 is 12.6. The summed E-state index contributed by atoms with van der Waals surface area (Å²) in [6, 6.07) is 5.64. The lowest BCUT2D eigenvalue weighted by Crippen LogP contribution is -2.40. The average molecular weight is 250 g/mol. The topological polar surface area (TPSA) is 58.2 Å². The van der Waals surface area contributed by atoms with Crippen LogP contribution in [0.5, 0.6) is 0 Å². The summed E-state index contributed by atoms with van der Waals surface area (Å²) in [6.07, 6.45) is 2.34. The first-order chi connectivity index (χ1) is 8.65. The van der Waals surface area contributed by atoms with Crippen molar-refractivity contribution in [1.29, 1.82) is 0 Å². The van der Waals surface area contributed by atoms with E-state index in [1.807, 2.05) is 0 Å². The standard InChI is InChI=1S/C13H15FN2O2/c14-11-5-1-9(2-6-11)7-8-15-13(18)16-12(17)10-3-4-10/h1-2,5-6,10H,3-4,7-8H2,(H2,15,16,17,18). The van der Waals surface area contributed by atoms with Crippen LogP contribution in [0.3, 0.4) is 0 Å². The Kier molecular flexibility index (Phi) is 3.92. The van der Waals surface area contributed by atoms with Gasteiger partial charge in [0.25, 0.3) is 0 Å². The molecule has 0 aromatic heterocycles. The van der Waals surface area contributed by atoms with Crippen molar-refractivity contribution in [3.05, 3.63) is 35.6 Å². The molecule has 3 amide bonds. The lowest BCUT2D eigenvalue weighted by Gasteiger charge is -2.06. The van der Waals surface area contributed by atoms with E-state index in [0.717, 1.165) is 18.4 Å². The first-order valence-corrected chi connectivity index (χ1v) is 5.98. The molecule has 0 unspecified atom stereocenters. The Morgan fingerprint density at radius 1 is 1.22 bits per heavy atom. The first-order valence-electron chi connectivity index (χ1n) is 5.98. The van der Waals surface area contributed by atoms with E-state index in [2.05, 4.69) is 10.6 Å². The number of hydrogen-bond donors (Lipinski definition) is 2. The molecule has 0 spiro atoms. The summed E-state index contributed by atoms with van der Waals surface area (Å²) in [5.41, 5.74) is 0.935. The van der Waals surface area contributed by atoms with Gasteiger partial charge in [0, 0.05) is 12.5 Å². The zero-order chi connectivity index (χ0) is 13.0. The van der Waals surface area contributed by atoms with Gasteiger partial charge < -0.3 is 5.32 Å². The third-order valence-corrected chi connectivity index (χ3v) is 2.80. The van der Waals surface area contributed by atoms with Gasteiger partial charge in [-0.2, -0.15) is 0 Å². The molecule has 1 aromatic carbocycles. The van der Waals surface area contributed by atoms with Crippen molar-refractivity contribution < 1.29 is 14.0 Å². The normalized spacial score (nSPS) is 14.1. The van der Waals surface area contributed by atoms with Crippen molar-refractivity contribution in [2.45, 2.75) is 19.3 Å². The number of hydrogen-bond acceptors (Lipinski definition) is 2. The summed E-state index contributed by atoms with van der Waals surface area (Å²) in [4.78, 5) is 22.6. The molecule has 1 fully saturated rings. The molecule has 5 heteroatoms. The fourth-order valence-electron chi connectivity index (χ4n) is 1.58. The molecule has 2 rings (SSSR count). The maximum absolute atomic E-state index is 12.6. The largest absolute Gasteiger partial charge is 0.337 e. The Hall–Kier alpha value is -1.91. The van der Waals surface area contributed by atoms with Crippen molar-refractivity contribution in [3.63, 3.8) is 0 Å². The second-order valence-corrected chi connectivity index (χ2v) is 4.40. The van der Waals surface area contributed by atoms with Crippen LogP contribution in [0, 0.1) is 11.7 Å². The van der Waals surface area contributed by atoms with Gasteiger partial charge in [0.15, 0.2) is 0 Å². The smallest absolute Gasteiger partial charge is 0.321 e. The zero-order valence-electron chi connectivity index (χ0n) is 9.91. The molecule has 0 aliphatic heterocycles. The molecule has 2 N–H and O–H groups in total. The van der Waals surface area contributed by atoms with Crippen LogP contribution in [-0.2, 0) is 11.2 Å². The molecule has 0 radical (unpaired) electrons. The van der Waals surface area contributed by atoms with Crippen LogP contribution in [0.4, 0.5) is 9.18 Å². The lowest BCUT2D eigenvalue weighted by atomic mass is 10.1. The van der Waals surface area contributed by atoms with Gasteiger partial charge in [-0.1, -0.05) is 12.1 Å². The van der Waals surface area contributed by atoms with Gasteiger partial charge in [-0.05, 0) is 37.0 Å². The summed E-state index contributed by atoms with van der Waals surface area (Å²) >= 11 is 0. The Bertz CT molecular complexity index is 441. The SMILES string of the molecule is O=C(NCCc1ccc(F)cc1)NC(=O)C1CC1. The molecule has 1 aromatic rings. The molecular weight excluding hydrogens is 235 g/mol. The minimum Gasteiger partial charge on any atom is -0.337 e.